The van der Waals surface area contributed by atoms with Crippen LogP contribution in [0.5, 0.6) is 11.5 Å². The number of carbonyl (C=O) groups excluding carboxylic acids is 1. The van der Waals surface area contributed by atoms with Crippen molar-refractivity contribution in [2.24, 2.45) is 0 Å². The summed E-state index contributed by atoms with van der Waals surface area (Å²) in [5.41, 5.74) is 6.86. The van der Waals surface area contributed by atoms with E-state index in [0.717, 1.165) is 0 Å². The van der Waals surface area contributed by atoms with E-state index in [1.165, 1.54) is 49.6 Å². The highest BCUT2D eigenvalue weighted by molar-refractivity contribution is 6.04. The van der Waals surface area contributed by atoms with E-state index in [4.69, 9.17) is 10.5 Å². The molecule has 0 bridgehead atoms. The lowest BCUT2D eigenvalue weighted by atomic mass is 10.2. The number of nitrogens with zero attached hydrogens (tertiary/aromatic N) is 4. The molecule has 3 rings (SSSR count). The molecule has 3 N–H and O–H groups in total. The van der Waals surface area contributed by atoms with Crippen LogP contribution in [0.25, 0.3) is 0 Å². The number of anilines is 2. The predicted octanol–water partition coefficient (Wildman–Crippen LogP) is 1.89. The molecular formula is C15H12N6O2. The molecule has 0 radical (unpaired) electrons. The zero-order chi connectivity index (χ0) is 16.1. The number of hydrogen-bond acceptors (Lipinski definition) is 7. The van der Waals surface area contributed by atoms with Gasteiger partial charge >= 0.3 is 0 Å². The third-order valence-corrected chi connectivity index (χ3v) is 2.77. The Morgan fingerprint density at radius 1 is 0.913 bits per heavy atom. The van der Waals surface area contributed by atoms with Crippen LogP contribution in [0, 0.1) is 0 Å². The minimum Gasteiger partial charge on any atom is -0.452 e. The summed E-state index contributed by atoms with van der Waals surface area (Å²) in [6, 6.07) is 3.18. The van der Waals surface area contributed by atoms with Crippen molar-refractivity contribution in [2.75, 3.05) is 11.1 Å². The summed E-state index contributed by atoms with van der Waals surface area (Å²) < 4.78 is 5.55. The molecule has 8 heteroatoms. The number of amides is 1. The molecule has 0 atom stereocenters. The number of aromatic nitrogens is 4. The van der Waals surface area contributed by atoms with E-state index in [1.54, 1.807) is 6.07 Å². The van der Waals surface area contributed by atoms with Crippen LogP contribution in [0.1, 0.15) is 10.4 Å². The van der Waals surface area contributed by atoms with Gasteiger partial charge in [0.05, 0.1) is 41.7 Å². The SMILES string of the molecule is Nc1cncc(C(=O)Nc2cncc(Oc3cncnc3)c2)c1. The summed E-state index contributed by atoms with van der Waals surface area (Å²) >= 11 is 0. The molecule has 0 aliphatic rings. The molecule has 0 unspecified atom stereocenters. The molecule has 0 spiro atoms. The lowest BCUT2D eigenvalue weighted by Gasteiger charge is -2.08. The van der Waals surface area contributed by atoms with Crippen molar-refractivity contribution >= 4 is 17.3 Å². The fraction of sp³-hybridized carbons (Fsp3) is 0. The standard InChI is InChI=1S/C15H12N6O2/c16-11-1-10(3-17-4-11)15(22)21-12-2-13(6-18-5-12)23-14-7-19-9-20-8-14/h1-9H,16H2,(H,21,22). The maximum atomic E-state index is 12.1. The summed E-state index contributed by atoms with van der Waals surface area (Å²) in [6.07, 6.45) is 10.4. The van der Waals surface area contributed by atoms with Crippen molar-refractivity contribution < 1.29 is 9.53 Å². The third kappa shape index (κ3) is 3.76. The summed E-state index contributed by atoms with van der Waals surface area (Å²) in [6.45, 7) is 0. The van der Waals surface area contributed by atoms with Crippen LogP contribution in [-0.2, 0) is 0 Å². The molecule has 0 aliphatic carbocycles. The number of nitrogen functional groups attached to an aromatic ring is 1. The molecule has 8 nitrogen and oxygen atoms in total. The summed E-state index contributed by atoms with van der Waals surface area (Å²) in [4.78, 5) is 27.8. The average molecular weight is 308 g/mol. The molecule has 0 aromatic carbocycles. The number of nitrogens with two attached hydrogens (primary N) is 1. The molecule has 3 aromatic heterocycles. The van der Waals surface area contributed by atoms with Gasteiger partial charge in [-0.3, -0.25) is 14.8 Å². The number of carbonyl (C=O) groups is 1. The van der Waals surface area contributed by atoms with Crippen LogP contribution in [0.4, 0.5) is 11.4 Å². The van der Waals surface area contributed by atoms with E-state index in [0.29, 0.717) is 28.4 Å². The highest BCUT2D eigenvalue weighted by atomic mass is 16.5. The Morgan fingerprint density at radius 2 is 1.65 bits per heavy atom. The molecule has 0 saturated heterocycles. The maximum absolute atomic E-state index is 12.1. The van der Waals surface area contributed by atoms with Crippen molar-refractivity contribution in [1.82, 2.24) is 19.9 Å². The topological polar surface area (TPSA) is 116 Å². The molecule has 1 amide bonds. The summed E-state index contributed by atoms with van der Waals surface area (Å²) in [5.74, 6) is 0.577. The van der Waals surface area contributed by atoms with Crippen molar-refractivity contribution in [3.63, 3.8) is 0 Å². The van der Waals surface area contributed by atoms with Gasteiger partial charge in [-0.25, -0.2) is 9.97 Å². The minimum atomic E-state index is -0.341. The van der Waals surface area contributed by atoms with E-state index >= 15 is 0 Å². The zero-order valence-electron chi connectivity index (χ0n) is 11.9. The normalized spacial score (nSPS) is 10.1. The molecule has 23 heavy (non-hydrogen) atoms. The smallest absolute Gasteiger partial charge is 0.257 e. The maximum Gasteiger partial charge on any atom is 0.257 e. The molecular weight excluding hydrogens is 296 g/mol. The molecule has 0 fully saturated rings. The number of hydrogen-bond donors (Lipinski definition) is 2. The third-order valence-electron chi connectivity index (χ3n) is 2.77. The van der Waals surface area contributed by atoms with Gasteiger partial charge in [-0.2, -0.15) is 0 Å². The van der Waals surface area contributed by atoms with Crippen molar-refractivity contribution in [1.29, 1.82) is 0 Å². The molecule has 114 valence electrons. The Morgan fingerprint density at radius 3 is 2.43 bits per heavy atom. The second-order valence-electron chi connectivity index (χ2n) is 4.55. The van der Waals surface area contributed by atoms with Crippen LogP contribution in [-0.4, -0.2) is 25.8 Å². The Kier molecular flexibility index (Phi) is 4.05. The number of nitrogens with one attached hydrogen (secondary N) is 1. The monoisotopic (exact) mass is 308 g/mol. The van der Waals surface area contributed by atoms with Crippen LogP contribution in [0.3, 0.4) is 0 Å². The first-order valence-corrected chi connectivity index (χ1v) is 6.60. The lowest BCUT2D eigenvalue weighted by Crippen LogP contribution is -2.12. The summed E-state index contributed by atoms with van der Waals surface area (Å²) in [7, 11) is 0. The van der Waals surface area contributed by atoms with Crippen molar-refractivity contribution in [3.05, 3.63) is 61.2 Å². The van der Waals surface area contributed by atoms with Gasteiger partial charge in [0.15, 0.2) is 5.75 Å². The fourth-order valence-electron chi connectivity index (χ4n) is 1.80. The highest BCUT2D eigenvalue weighted by Gasteiger charge is 2.08. The van der Waals surface area contributed by atoms with Crippen molar-refractivity contribution in [2.45, 2.75) is 0 Å². The van der Waals surface area contributed by atoms with Gasteiger partial charge in [-0.15, -0.1) is 0 Å². The van der Waals surface area contributed by atoms with E-state index in [2.05, 4.69) is 25.3 Å². The first kappa shape index (κ1) is 14.4. The number of ether oxygens (including phenoxy) is 1. The largest absolute Gasteiger partial charge is 0.452 e. The number of rotatable bonds is 4. The van der Waals surface area contributed by atoms with Gasteiger partial charge in [-0.05, 0) is 6.07 Å². The minimum absolute atomic E-state index is 0.341. The average Bonchev–Trinajstić information content (AvgIpc) is 2.56. The fourth-order valence-corrected chi connectivity index (χ4v) is 1.80. The predicted molar refractivity (Wildman–Crippen MR) is 82.9 cm³/mol. The molecule has 3 aromatic rings. The number of pyridine rings is 2. The second kappa shape index (κ2) is 6.48. The first-order chi connectivity index (χ1) is 11.2. The lowest BCUT2D eigenvalue weighted by molar-refractivity contribution is 0.102. The van der Waals surface area contributed by atoms with Gasteiger partial charge in [-0.1, -0.05) is 0 Å². The van der Waals surface area contributed by atoms with Gasteiger partial charge in [0, 0.05) is 18.5 Å². The Bertz CT molecular complexity index is 825. The Balaban J connectivity index is 1.74. The van der Waals surface area contributed by atoms with Crippen LogP contribution in [0.2, 0.25) is 0 Å². The van der Waals surface area contributed by atoms with Gasteiger partial charge in [0.25, 0.3) is 5.91 Å². The Labute approximate surface area is 131 Å². The molecule has 3 heterocycles. The highest BCUT2D eigenvalue weighted by Crippen LogP contribution is 2.22. The molecule has 0 aliphatic heterocycles. The van der Waals surface area contributed by atoms with Gasteiger partial charge in [0.1, 0.15) is 12.1 Å². The van der Waals surface area contributed by atoms with Crippen LogP contribution < -0.4 is 15.8 Å². The van der Waals surface area contributed by atoms with Gasteiger partial charge in [0.2, 0.25) is 0 Å². The van der Waals surface area contributed by atoms with E-state index in [9.17, 15) is 4.79 Å². The van der Waals surface area contributed by atoms with E-state index in [-0.39, 0.29) is 5.91 Å². The van der Waals surface area contributed by atoms with Crippen LogP contribution >= 0.6 is 0 Å². The van der Waals surface area contributed by atoms with E-state index < -0.39 is 0 Å². The van der Waals surface area contributed by atoms with E-state index in [1.807, 2.05) is 0 Å². The van der Waals surface area contributed by atoms with Crippen molar-refractivity contribution in [3.8, 4) is 11.5 Å². The van der Waals surface area contributed by atoms with Gasteiger partial charge < -0.3 is 15.8 Å². The Hall–Kier alpha value is -3.55. The second-order valence-corrected chi connectivity index (χ2v) is 4.55. The first-order valence-electron chi connectivity index (χ1n) is 6.60. The van der Waals surface area contributed by atoms with Crippen LogP contribution in [0.15, 0.2) is 55.6 Å². The zero-order valence-corrected chi connectivity index (χ0v) is 11.9. The quantitative estimate of drug-likeness (QED) is 0.756. The molecule has 0 saturated carbocycles. The summed E-state index contributed by atoms with van der Waals surface area (Å²) in [5, 5.41) is 2.70.